The standard InChI is InChI=1S/C21H33F3N4O2/c1-25-20(26-10-7-13-28-11-5-3-4-6-12-28)27-15-17-8-9-18(19(14-17)29-2)30-16-21(22,23)24/h8-9,14H,3-7,10-13,15-16H2,1-2H3,(H2,25,26,27). The molecule has 0 unspecified atom stereocenters. The highest BCUT2D eigenvalue weighted by Crippen LogP contribution is 2.29. The van der Waals surface area contributed by atoms with Gasteiger partial charge in [0.25, 0.3) is 0 Å². The minimum atomic E-state index is -4.39. The summed E-state index contributed by atoms with van der Waals surface area (Å²) >= 11 is 0. The molecule has 1 heterocycles. The molecule has 2 N–H and O–H groups in total. The summed E-state index contributed by atoms with van der Waals surface area (Å²) in [6, 6.07) is 4.85. The van der Waals surface area contributed by atoms with Gasteiger partial charge in [-0.05, 0) is 56.6 Å². The third kappa shape index (κ3) is 9.11. The molecule has 0 aliphatic carbocycles. The van der Waals surface area contributed by atoms with Gasteiger partial charge in [-0.1, -0.05) is 18.9 Å². The normalized spacial score (nSPS) is 16.1. The largest absolute Gasteiger partial charge is 0.493 e. The van der Waals surface area contributed by atoms with E-state index in [4.69, 9.17) is 9.47 Å². The molecule has 0 aromatic heterocycles. The van der Waals surface area contributed by atoms with Crippen LogP contribution >= 0.6 is 0 Å². The molecular formula is C21H33F3N4O2. The molecule has 1 aliphatic rings. The summed E-state index contributed by atoms with van der Waals surface area (Å²) in [5.41, 5.74) is 0.846. The van der Waals surface area contributed by atoms with E-state index in [0.29, 0.717) is 12.5 Å². The molecule has 30 heavy (non-hydrogen) atoms. The van der Waals surface area contributed by atoms with Crippen LogP contribution in [-0.4, -0.2) is 64.0 Å². The number of alkyl halides is 3. The van der Waals surface area contributed by atoms with Crippen LogP contribution in [0.2, 0.25) is 0 Å². The van der Waals surface area contributed by atoms with Crippen LogP contribution in [0.25, 0.3) is 0 Å². The first-order chi connectivity index (χ1) is 14.4. The van der Waals surface area contributed by atoms with Gasteiger partial charge in [0.15, 0.2) is 24.1 Å². The Labute approximate surface area is 176 Å². The number of rotatable bonds is 9. The number of nitrogens with zero attached hydrogens (tertiary/aromatic N) is 2. The SMILES string of the molecule is CN=C(NCCCN1CCCCCC1)NCc1ccc(OCC(F)(F)F)c(OC)c1. The fraction of sp³-hybridized carbons (Fsp3) is 0.667. The van der Waals surface area contributed by atoms with E-state index in [1.807, 2.05) is 0 Å². The summed E-state index contributed by atoms with van der Waals surface area (Å²) in [7, 11) is 3.11. The van der Waals surface area contributed by atoms with Gasteiger partial charge in [0.2, 0.25) is 0 Å². The summed E-state index contributed by atoms with van der Waals surface area (Å²) in [4.78, 5) is 6.75. The van der Waals surface area contributed by atoms with Gasteiger partial charge in [0.05, 0.1) is 7.11 Å². The lowest BCUT2D eigenvalue weighted by molar-refractivity contribution is -0.153. The molecule has 0 spiro atoms. The molecule has 1 aliphatic heterocycles. The minimum Gasteiger partial charge on any atom is -0.493 e. The second-order valence-corrected chi connectivity index (χ2v) is 7.35. The molecule has 1 saturated heterocycles. The Kier molecular flexibility index (Phi) is 10.1. The lowest BCUT2D eigenvalue weighted by atomic mass is 10.2. The van der Waals surface area contributed by atoms with Crippen molar-refractivity contribution in [2.75, 3.05) is 46.9 Å². The quantitative estimate of drug-likeness (QED) is 0.356. The van der Waals surface area contributed by atoms with Crippen molar-refractivity contribution in [3.63, 3.8) is 0 Å². The molecule has 170 valence electrons. The zero-order chi connectivity index (χ0) is 21.8. The molecular weight excluding hydrogens is 397 g/mol. The predicted octanol–water partition coefficient (Wildman–Crippen LogP) is 3.57. The molecule has 1 fully saturated rings. The zero-order valence-corrected chi connectivity index (χ0v) is 17.9. The van der Waals surface area contributed by atoms with E-state index < -0.39 is 12.8 Å². The van der Waals surface area contributed by atoms with E-state index >= 15 is 0 Å². The van der Waals surface area contributed by atoms with Crippen molar-refractivity contribution in [3.8, 4) is 11.5 Å². The van der Waals surface area contributed by atoms with Gasteiger partial charge in [0.1, 0.15) is 0 Å². The van der Waals surface area contributed by atoms with Crippen LogP contribution in [0.1, 0.15) is 37.7 Å². The van der Waals surface area contributed by atoms with Gasteiger partial charge in [-0.15, -0.1) is 0 Å². The topological polar surface area (TPSA) is 58.1 Å². The number of aliphatic imine (C=N–C) groups is 1. The van der Waals surface area contributed by atoms with E-state index in [2.05, 4.69) is 20.5 Å². The highest BCUT2D eigenvalue weighted by molar-refractivity contribution is 5.79. The molecule has 9 heteroatoms. The fourth-order valence-corrected chi connectivity index (χ4v) is 3.38. The Hall–Kier alpha value is -2.16. The van der Waals surface area contributed by atoms with Crippen molar-refractivity contribution in [1.29, 1.82) is 0 Å². The van der Waals surface area contributed by atoms with Crippen LogP contribution in [0.5, 0.6) is 11.5 Å². The van der Waals surface area contributed by atoms with Crippen molar-refractivity contribution in [2.24, 2.45) is 4.99 Å². The van der Waals surface area contributed by atoms with Gasteiger partial charge in [-0.2, -0.15) is 13.2 Å². The number of methoxy groups -OCH3 is 1. The number of nitrogens with one attached hydrogen (secondary N) is 2. The summed E-state index contributed by atoms with van der Waals surface area (Å²) in [5.74, 6) is 1.01. The number of hydrogen-bond donors (Lipinski definition) is 2. The lowest BCUT2D eigenvalue weighted by Crippen LogP contribution is -2.38. The van der Waals surface area contributed by atoms with Gasteiger partial charge in [0, 0.05) is 20.1 Å². The smallest absolute Gasteiger partial charge is 0.422 e. The Morgan fingerprint density at radius 1 is 1.10 bits per heavy atom. The molecule has 0 saturated carbocycles. The summed E-state index contributed by atoms with van der Waals surface area (Å²) in [6.45, 7) is 3.40. The highest BCUT2D eigenvalue weighted by atomic mass is 19.4. The van der Waals surface area contributed by atoms with Crippen LogP contribution in [0.15, 0.2) is 23.2 Å². The first-order valence-corrected chi connectivity index (χ1v) is 10.4. The van der Waals surface area contributed by atoms with E-state index in [1.54, 1.807) is 19.2 Å². The van der Waals surface area contributed by atoms with Crippen molar-refractivity contribution < 1.29 is 22.6 Å². The van der Waals surface area contributed by atoms with Gasteiger partial charge in [-0.25, -0.2) is 0 Å². The minimum absolute atomic E-state index is 0.0644. The number of hydrogen-bond acceptors (Lipinski definition) is 4. The summed E-state index contributed by atoms with van der Waals surface area (Å²) in [5, 5.41) is 6.51. The molecule has 1 aromatic rings. The molecule has 1 aromatic carbocycles. The maximum Gasteiger partial charge on any atom is 0.422 e. The Morgan fingerprint density at radius 3 is 2.47 bits per heavy atom. The molecule has 2 rings (SSSR count). The second kappa shape index (κ2) is 12.5. The third-order valence-corrected chi connectivity index (χ3v) is 4.95. The molecule has 0 bridgehead atoms. The van der Waals surface area contributed by atoms with Crippen LogP contribution in [-0.2, 0) is 6.54 Å². The number of ether oxygens (including phenoxy) is 2. The lowest BCUT2D eigenvalue weighted by Gasteiger charge is -2.20. The molecule has 0 radical (unpaired) electrons. The first-order valence-electron chi connectivity index (χ1n) is 10.4. The second-order valence-electron chi connectivity index (χ2n) is 7.35. The van der Waals surface area contributed by atoms with Gasteiger partial charge >= 0.3 is 6.18 Å². The van der Waals surface area contributed by atoms with Crippen molar-refractivity contribution in [1.82, 2.24) is 15.5 Å². The summed E-state index contributed by atoms with van der Waals surface area (Å²) < 4.78 is 47.0. The maximum absolute atomic E-state index is 12.4. The predicted molar refractivity (Wildman–Crippen MR) is 112 cm³/mol. The number of halogens is 3. The van der Waals surface area contributed by atoms with Crippen molar-refractivity contribution in [3.05, 3.63) is 23.8 Å². The molecule has 0 amide bonds. The third-order valence-electron chi connectivity index (χ3n) is 4.95. The van der Waals surface area contributed by atoms with E-state index in [1.165, 1.54) is 51.9 Å². The van der Waals surface area contributed by atoms with E-state index in [0.717, 1.165) is 25.1 Å². The van der Waals surface area contributed by atoms with E-state index in [9.17, 15) is 13.2 Å². The van der Waals surface area contributed by atoms with Gasteiger partial charge < -0.3 is 25.0 Å². The zero-order valence-electron chi connectivity index (χ0n) is 17.9. The van der Waals surface area contributed by atoms with Crippen LogP contribution in [0.4, 0.5) is 13.2 Å². The van der Waals surface area contributed by atoms with Crippen LogP contribution in [0, 0.1) is 0 Å². The molecule has 6 nitrogen and oxygen atoms in total. The van der Waals surface area contributed by atoms with Crippen LogP contribution in [0.3, 0.4) is 0 Å². The fourth-order valence-electron chi connectivity index (χ4n) is 3.38. The molecule has 0 atom stereocenters. The van der Waals surface area contributed by atoms with Gasteiger partial charge in [-0.3, -0.25) is 4.99 Å². The Bertz CT molecular complexity index is 660. The highest BCUT2D eigenvalue weighted by Gasteiger charge is 2.29. The first kappa shape index (κ1) is 24.1. The van der Waals surface area contributed by atoms with Crippen LogP contribution < -0.4 is 20.1 Å². The van der Waals surface area contributed by atoms with E-state index in [-0.39, 0.29) is 11.5 Å². The van der Waals surface area contributed by atoms with Crippen molar-refractivity contribution >= 4 is 5.96 Å². The Balaban J connectivity index is 1.75. The average Bonchev–Trinajstić information content (AvgIpc) is 3.00. The number of likely N-dealkylation sites (tertiary alicyclic amines) is 1. The average molecular weight is 431 g/mol. The van der Waals surface area contributed by atoms with Crippen molar-refractivity contribution in [2.45, 2.75) is 44.8 Å². The Morgan fingerprint density at radius 2 is 1.83 bits per heavy atom. The number of benzene rings is 1. The monoisotopic (exact) mass is 430 g/mol. The maximum atomic E-state index is 12.4. The number of guanidine groups is 1. The summed E-state index contributed by atoms with van der Waals surface area (Å²) in [6.07, 6.45) is 1.91.